The predicted octanol–water partition coefficient (Wildman–Crippen LogP) is 0.656. The zero-order valence-electron chi connectivity index (χ0n) is 10.4. The lowest BCUT2D eigenvalue weighted by atomic mass is 10.0. The van der Waals surface area contributed by atoms with Gasteiger partial charge in [0.1, 0.15) is 6.29 Å². The smallest absolute Gasteiger partial charge is 0.328 e. The molecule has 98 valence electrons. The van der Waals surface area contributed by atoms with E-state index in [0.29, 0.717) is 18.4 Å². The molecule has 1 rings (SSSR count). The minimum Gasteiger partial charge on any atom is -0.480 e. The first-order valence-electron chi connectivity index (χ1n) is 5.71. The van der Waals surface area contributed by atoms with Gasteiger partial charge in [0.2, 0.25) is 0 Å². The number of hydrogen-bond acceptors (Lipinski definition) is 4. The molecule has 0 aliphatic heterocycles. The first-order chi connectivity index (χ1) is 8.45. The lowest BCUT2D eigenvalue weighted by Gasteiger charge is -2.16. The van der Waals surface area contributed by atoms with Crippen LogP contribution in [0.4, 0.5) is 0 Å². The molecule has 0 aliphatic rings. The molecule has 1 heterocycles. The van der Waals surface area contributed by atoms with Gasteiger partial charge in [-0.1, -0.05) is 13.8 Å². The summed E-state index contributed by atoms with van der Waals surface area (Å²) in [4.78, 5) is 33.2. The molecule has 1 unspecified atom stereocenters. The molecular weight excluding hydrogens is 236 g/mol. The molecule has 1 atom stereocenters. The van der Waals surface area contributed by atoms with Crippen LogP contribution in [0, 0.1) is 5.92 Å². The van der Waals surface area contributed by atoms with Gasteiger partial charge < -0.3 is 9.90 Å². The van der Waals surface area contributed by atoms with Crippen LogP contribution in [0.3, 0.4) is 0 Å². The average Bonchev–Trinajstić information content (AvgIpc) is 2.28. The highest BCUT2D eigenvalue weighted by Gasteiger charge is 2.23. The van der Waals surface area contributed by atoms with Gasteiger partial charge in [-0.3, -0.25) is 4.79 Å². The zero-order chi connectivity index (χ0) is 13.7. The first-order valence-corrected chi connectivity index (χ1v) is 5.71. The van der Waals surface area contributed by atoms with E-state index in [2.05, 4.69) is 5.10 Å². The van der Waals surface area contributed by atoms with Crippen molar-refractivity contribution < 1.29 is 14.7 Å². The molecule has 0 bridgehead atoms. The third kappa shape index (κ3) is 3.51. The van der Waals surface area contributed by atoms with Gasteiger partial charge in [-0.15, -0.1) is 0 Å². The summed E-state index contributed by atoms with van der Waals surface area (Å²) < 4.78 is 0.946. The van der Waals surface area contributed by atoms with Crippen molar-refractivity contribution in [2.45, 2.75) is 32.7 Å². The summed E-state index contributed by atoms with van der Waals surface area (Å²) in [6, 6.07) is 1.67. The highest BCUT2D eigenvalue weighted by molar-refractivity contribution is 5.71. The van der Waals surface area contributed by atoms with E-state index in [9.17, 15) is 14.4 Å². The number of carboxylic acid groups (broad SMARTS) is 1. The second-order valence-electron chi connectivity index (χ2n) is 4.46. The first kappa shape index (κ1) is 14.1. The van der Waals surface area contributed by atoms with Gasteiger partial charge in [0.25, 0.3) is 5.56 Å². The molecule has 0 spiro atoms. The second-order valence-corrected chi connectivity index (χ2v) is 4.46. The van der Waals surface area contributed by atoms with E-state index in [4.69, 9.17) is 5.11 Å². The van der Waals surface area contributed by atoms with Crippen LogP contribution < -0.4 is 5.56 Å². The SMILES string of the molecule is CC(C)CC(C(=O)O)n1nc(CC=O)ccc1=O. The molecule has 0 fully saturated rings. The molecule has 1 aromatic rings. The Labute approximate surface area is 104 Å². The Morgan fingerprint density at radius 3 is 2.67 bits per heavy atom. The molecule has 1 N–H and O–H groups in total. The molecular formula is C12H16N2O4. The Morgan fingerprint density at radius 2 is 2.17 bits per heavy atom. The Morgan fingerprint density at radius 1 is 1.50 bits per heavy atom. The van der Waals surface area contributed by atoms with Crippen LogP contribution in [0.5, 0.6) is 0 Å². The van der Waals surface area contributed by atoms with Crippen LogP contribution in [0.15, 0.2) is 16.9 Å². The fourth-order valence-corrected chi connectivity index (χ4v) is 1.63. The average molecular weight is 252 g/mol. The number of rotatable bonds is 6. The lowest BCUT2D eigenvalue weighted by Crippen LogP contribution is -2.33. The topological polar surface area (TPSA) is 89.3 Å². The van der Waals surface area contributed by atoms with Crippen molar-refractivity contribution in [3.05, 3.63) is 28.2 Å². The minimum atomic E-state index is -1.10. The maximum atomic E-state index is 11.7. The number of aromatic nitrogens is 2. The third-order valence-corrected chi connectivity index (χ3v) is 2.45. The molecule has 0 radical (unpaired) electrons. The molecule has 6 heteroatoms. The Balaban J connectivity index is 3.17. The van der Waals surface area contributed by atoms with Crippen LogP contribution in [0.1, 0.15) is 32.0 Å². The van der Waals surface area contributed by atoms with Crippen molar-refractivity contribution in [3.8, 4) is 0 Å². The molecule has 0 saturated heterocycles. The molecule has 0 aliphatic carbocycles. The number of aldehydes is 1. The van der Waals surface area contributed by atoms with Crippen molar-refractivity contribution in [1.29, 1.82) is 0 Å². The quantitative estimate of drug-likeness (QED) is 0.751. The Bertz CT molecular complexity index is 493. The maximum Gasteiger partial charge on any atom is 0.328 e. The minimum absolute atomic E-state index is 0.0638. The maximum absolute atomic E-state index is 11.7. The molecule has 0 amide bonds. The second kappa shape index (κ2) is 6.09. The van der Waals surface area contributed by atoms with Crippen molar-refractivity contribution in [2.24, 2.45) is 5.92 Å². The number of carboxylic acids is 1. The summed E-state index contributed by atoms with van der Waals surface area (Å²) in [7, 11) is 0. The van der Waals surface area contributed by atoms with Gasteiger partial charge in [-0.25, -0.2) is 9.48 Å². The number of aliphatic carboxylic acids is 1. The molecule has 1 aromatic heterocycles. The van der Waals surface area contributed by atoms with Gasteiger partial charge in [-0.2, -0.15) is 5.10 Å². The standard InChI is InChI=1S/C12H16N2O4/c1-8(2)7-10(12(17)18)14-11(16)4-3-9(13-14)5-6-15/h3-4,6,8,10H,5,7H2,1-2H3,(H,17,18). The van der Waals surface area contributed by atoms with Gasteiger partial charge in [0, 0.05) is 12.5 Å². The highest BCUT2D eigenvalue weighted by Crippen LogP contribution is 2.15. The number of carbonyl (C=O) groups excluding carboxylic acids is 1. The molecule has 0 saturated carbocycles. The van der Waals surface area contributed by atoms with Crippen LogP contribution in [-0.2, 0) is 16.0 Å². The number of hydrogen-bond donors (Lipinski definition) is 1. The lowest BCUT2D eigenvalue weighted by molar-refractivity contribution is -0.141. The van der Waals surface area contributed by atoms with Crippen molar-refractivity contribution in [1.82, 2.24) is 9.78 Å². The summed E-state index contributed by atoms with van der Waals surface area (Å²) in [6.07, 6.45) is 1.04. The summed E-state index contributed by atoms with van der Waals surface area (Å²) >= 11 is 0. The fourth-order valence-electron chi connectivity index (χ4n) is 1.63. The summed E-state index contributed by atoms with van der Waals surface area (Å²) in [5.41, 5.74) is -0.0858. The highest BCUT2D eigenvalue weighted by atomic mass is 16.4. The molecule has 18 heavy (non-hydrogen) atoms. The van der Waals surface area contributed by atoms with Gasteiger partial charge in [0.15, 0.2) is 6.04 Å². The number of carbonyl (C=O) groups is 2. The van der Waals surface area contributed by atoms with Gasteiger partial charge in [-0.05, 0) is 18.4 Å². The Hall–Kier alpha value is -1.98. The summed E-state index contributed by atoms with van der Waals surface area (Å²) in [5.74, 6) is -0.976. The third-order valence-electron chi connectivity index (χ3n) is 2.45. The van der Waals surface area contributed by atoms with Gasteiger partial charge in [0.05, 0.1) is 5.69 Å². The van der Waals surface area contributed by atoms with Crippen LogP contribution in [-0.4, -0.2) is 27.1 Å². The van der Waals surface area contributed by atoms with Gasteiger partial charge >= 0.3 is 5.97 Å². The van der Waals surface area contributed by atoms with Crippen molar-refractivity contribution in [3.63, 3.8) is 0 Å². The molecule has 6 nitrogen and oxygen atoms in total. The van der Waals surface area contributed by atoms with E-state index in [1.165, 1.54) is 12.1 Å². The van der Waals surface area contributed by atoms with E-state index in [-0.39, 0.29) is 12.3 Å². The van der Waals surface area contributed by atoms with E-state index < -0.39 is 17.6 Å². The van der Waals surface area contributed by atoms with E-state index in [1.54, 1.807) is 0 Å². The van der Waals surface area contributed by atoms with Crippen molar-refractivity contribution in [2.75, 3.05) is 0 Å². The monoisotopic (exact) mass is 252 g/mol. The van der Waals surface area contributed by atoms with E-state index in [0.717, 1.165) is 4.68 Å². The molecule has 0 aromatic carbocycles. The predicted molar refractivity (Wildman–Crippen MR) is 64.4 cm³/mol. The Kier molecular flexibility index (Phi) is 4.76. The van der Waals surface area contributed by atoms with E-state index >= 15 is 0 Å². The van der Waals surface area contributed by atoms with Crippen LogP contribution >= 0.6 is 0 Å². The van der Waals surface area contributed by atoms with Crippen LogP contribution in [0.25, 0.3) is 0 Å². The number of nitrogens with zero attached hydrogens (tertiary/aromatic N) is 2. The fraction of sp³-hybridized carbons (Fsp3) is 0.500. The zero-order valence-corrected chi connectivity index (χ0v) is 10.4. The summed E-state index contributed by atoms with van der Waals surface area (Å²) in [6.45, 7) is 3.74. The summed E-state index contributed by atoms with van der Waals surface area (Å²) in [5, 5.41) is 13.1. The normalized spacial score (nSPS) is 12.4. The van der Waals surface area contributed by atoms with Crippen LogP contribution in [0.2, 0.25) is 0 Å². The van der Waals surface area contributed by atoms with E-state index in [1.807, 2.05) is 13.8 Å². The largest absolute Gasteiger partial charge is 0.480 e. The van der Waals surface area contributed by atoms with Crippen molar-refractivity contribution >= 4 is 12.3 Å².